The van der Waals surface area contributed by atoms with Gasteiger partial charge in [0.15, 0.2) is 6.10 Å². The van der Waals surface area contributed by atoms with Crippen molar-refractivity contribution in [2.24, 2.45) is 0 Å². The zero-order valence-electron chi connectivity index (χ0n) is 47.9. The molecule has 0 rings (SSSR count). The van der Waals surface area contributed by atoms with Crippen molar-refractivity contribution in [1.82, 2.24) is 0 Å². The molecule has 0 amide bonds. The second-order valence-corrected chi connectivity index (χ2v) is 20.9. The summed E-state index contributed by atoms with van der Waals surface area (Å²) in [5.74, 6) is -1.64. The molecule has 0 aromatic carbocycles. The summed E-state index contributed by atoms with van der Waals surface area (Å²) >= 11 is 0. The number of allylic oxidation sites excluding steroid dienone is 17. The normalized spacial score (nSPS) is 14.1. The van der Waals surface area contributed by atoms with E-state index in [2.05, 4.69) is 112 Å². The van der Waals surface area contributed by atoms with Gasteiger partial charge >= 0.3 is 25.7 Å². The number of carbonyl (C=O) groups is 3. The lowest BCUT2D eigenvalue weighted by Gasteiger charge is -2.21. The lowest BCUT2D eigenvalue weighted by atomic mass is 10.1. The Morgan fingerprint density at radius 1 is 0.395 bits per heavy atom. The highest BCUT2D eigenvalue weighted by Gasteiger charge is 2.28. The number of aliphatic hydroxyl groups is 1. The van der Waals surface area contributed by atoms with Crippen molar-refractivity contribution < 1.29 is 52.2 Å². The Bertz CT molecular complexity index is 1690. The van der Waals surface area contributed by atoms with E-state index in [1.54, 1.807) is 6.08 Å². The third-order valence-electron chi connectivity index (χ3n) is 12.2. The number of phosphoric acid groups is 1. The summed E-state index contributed by atoms with van der Waals surface area (Å²) in [6.45, 7) is 4.29. The van der Waals surface area contributed by atoms with E-state index in [0.29, 0.717) is 19.3 Å². The van der Waals surface area contributed by atoms with E-state index in [1.165, 1.54) is 64.2 Å². The van der Waals surface area contributed by atoms with Crippen LogP contribution in [0.1, 0.15) is 239 Å². The van der Waals surface area contributed by atoms with Crippen molar-refractivity contribution in [3.8, 4) is 0 Å². The van der Waals surface area contributed by atoms with E-state index in [0.717, 1.165) is 116 Å². The van der Waals surface area contributed by atoms with Gasteiger partial charge in [0.25, 0.3) is 0 Å². The summed E-state index contributed by atoms with van der Waals surface area (Å²) in [4.78, 5) is 48.5. The van der Waals surface area contributed by atoms with Crippen LogP contribution in [0.5, 0.6) is 0 Å². The summed E-state index contributed by atoms with van der Waals surface area (Å²) in [6, 6.07) is 0. The summed E-state index contributed by atoms with van der Waals surface area (Å²) in [7, 11) is -4.78. The quantitative estimate of drug-likeness (QED) is 0.0197. The maximum atomic E-state index is 12.9. The first-order valence-electron chi connectivity index (χ1n) is 29.8. The third kappa shape index (κ3) is 54.9. The Morgan fingerprint density at radius 2 is 0.724 bits per heavy atom. The number of ether oxygens (including phenoxy) is 3. The fraction of sp³-hybridized carbons (Fsp3) is 0.672. The second-order valence-electron chi connectivity index (χ2n) is 19.4. The van der Waals surface area contributed by atoms with Crippen molar-refractivity contribution in [2.45, 2.75) is 251 Å². The molecular formula is C64H107O11P. The average Bonchev–Trinajstić information content (AvgIpc) is 3.41. The standard InChI is InChI=1S/C64H107O11P/c1-4-7-10-13-16-19-22-25-28-30-33-36-39-42-45-48-51-54-63(67)74-60(56-65)58-72-76(69,70)73-59-61(57-71-62(66)53-50-47-44-41-38-35-32-27-24-21-18-15-12-9-6-3)75-64(68)55-52-49-46-43-40-37-34-31-29-26-23-20-17-14-11-8-5-2/h8-9,11-12,17-18,20-21,25-29,32,38,41,47,50,60-61,65H,4-7,10,13-16,19,22-24,30-31,33-37,39-40,42-46,48-49,51-59H2,1-3H3,(H,69,70)/b11-8-,12-9-,20-17-,21-18-,28-25-,29-26-,32-27-,41-38-,50-47-. The highest BCUT2D eigenvalue weighted by atomic mass is 31.2. The van der Waals surface area contributed by atoms with Gasteiger partial charge in [0, 0.05) is 12.8 Å². The van der Waals surface area contributed by atoms with Crippen molar-refractivity contribution >= 4 is 25.7 Å². The van der Waals surface area contributed by atoms with Crippen LogP contribution in [0, 0.1) is 0 Å². The number of carbonyl (C=O) groups excluding carboxylic acids is 3. The van der Waals surface area contributed by atoms with Crippen LogP contribution in [0.25, 0.3) is 0 Å². The number of aliphatic hydroxyl groups excluding tert-OH is 1. The molecule has 0 aliphatic rings. The molecular weight excluding hydrogens is 976 g/mol. The predicted molar refractivity (Wildman–Crippen MR) is 316 cm³/mol. The van der Waals surface area contributed by atoms with Crippen LogP contribution in [-0.4, -0.2) is 66.5 Å². The topological polar surface area (TPSA) is 155 Å². The Labute approximate surface area is 463 Å². The van der Waals surface area contributed by atoms with Crippen molar-refractivity contribution in [3.63, 3.8) is 0 Å². The predicted octanol–water partition coefficient (Wildman–Crippen LogP) is 17.8. The summed E-state index contributed by atoms with van der Waals surface area (Å²) in [5.41, 5.74) is 0. The summed E-state index contributed by atoms with van der Waals surface area (Å²) < 4.78 is 39.4. The molecule has 0 fully saturated rings. The van der Waals surface area contributed by atoms with Crippen molar-refractivity contribution in [1.29, 1.82) is 0 Å². The molecule has 3 atom stereocenters. The Hall–Kier alpha value is -3.86. The van der Waals surface area contributed by atoms with Crippen molar-refractivity contribution in [3.05, 3.63) is 109 Å². The number of phosphoric ester groups is 1. The lowest BCUT2D eigenvalue weighted by molar-refractivity contribution is -0.161. The maximum Gasteiger partial charge on any atom is 0.472 e. The molecule has 2 N–H and O–H groups in total. The van der Waals surface area contributed by atoms with Gasteiger partial charge in [-0.05, 0) is 103 Å². The van der Waals surface area contributed by atoms with Crippen molar-refractivity contribution in [2.75, 3.05) is 26.4 Å². The summed E-state index contributed by atoms with van der Waals surface area (Å²) in [5, 5.41) is 9.83. The van der Waals surface area contributed by atoms with Crippen LogP contribution in [0.2, 0.25) is 0 Å². The minimum atomic E-state index is -4.78. The molecule has 0 radical (unpaired) electrons. The maximum absolute atomic E-state index is 12.9. The monoisotopic (exact) mass is 1080 g/mol. The Kier molecular flexibility index (Phi) is 54.4. The first kappa shape index (κ1) is 72.1. The van der Waals surface area contributed by atoms with E-state index in [9.17, 15) is 28.9 Å². The number of hydrogen-bond acceptors (Lipinski definition) is 10. The fourth-order valence-electron chi connectivity index (χ4n) is 7.73. The molecule has 0 heterocycles. The molecule has 0 aromatic rings. The SMILES string of the molecule is CC/C=C\C/C=C\C/C=C\C/C=C\C/C=C\CC(=O)OCC(COP(=O)(O)OCC(CO)OC(=O)CCCCCCCCC/C=C\CCCCCCCC)OC(=O)CCCCCCCCC/C=C\C/C=C\C/C=C\CC. The van der Waals surface area contributed by atoms with Crippen LogP contribution in [-0.2, 0) is 42.2 Å². The molecule has 434 valence electrons. The first-order valence-corrected chi connectivity index (χ1v) is 31.3. The highest BCUT2D eigenvalue weighted by Crippen LogP contribution is 2.43. The molecule has 0 aliphatic heterocycles. The molecule has 0 saturated heterocycles. The van der Waals surface area contributed by atoms with E-state index >= 15 is 0 Å². The number of hydrogen-bond donors (Lipinski definition) is 2. The van der Waals surface area contributed by atoms with Crippen LogP contribution < -0.4 is 0 Å². The molecule has 76 heavy (non-hydrogen) atoms. The van der Waals surface area contributed by atoms with Gasteiger partial charge < -0.3 is 24.2 Å². The number of rotatable bonds is 54. The largest absolute Gasteiger partial charge is 0.472 e. The van der Waals surface area contributed by atoms with Gasteiger partial charge in [0.1, 0.15) is 12.7 Å². The molecule has 11 nitrogen and oxygen atoms in total. The van der Waals surface area contributed by atoms with Gasteiger partial charge in [-0.3, -0.25) is 23.4 Å². The molecule has 3 unspecified atom stereocenters. The van der Waals surface area contributed by atoms with Gasteiger partial charge in [-0.15, -0.1) is 0 Å². The zero-order chi connectivity index (χ0) is 55.5. The minimum Gasteiger partial charge on any atom is -0.461 e. The highest BCUT2D eigenvalue weighted by molar-refractivity contribution is 7.47. The van der Waals surface area contributed by atoms with E-state index < -0.39 is 64.4 Å². The molecule has 0 spiro atoms. The minimum absolute atomic E-state index is 0.0126. The van der Waals surface area contributed by atoms with Gasteiger partial charge in [0.05, 0.1) is 26.2 Å². The molecule has 0 saturated carbocycles. The fourth-order valence-corrected chi connectivity index (χ4v) is 8.52. The third-order valence-corrected chi connectivity index (χ3v) is 13.1. The Morgan fingerprint density at radius 3 is 1.13 bits per heavy atom. The van der Waals surface area contributed by atoms with Crippen LogP contribution in [0.15, 0.2) is 109 Å². The lowest BCUT2D eigenvalue weighted by Crippen LogP contribution is -2.30. The average molecular weight is 1080 g/mol. The molecule has 0 aromatic heterocycles. The van der Waals surface area contributed by atoms with E-state index in [4.69, 9.17) is 23.3 Å². The van der Waals surface area contributed by atoms with Crippen LogP contribution in [0.4, 0.5) is 0 Å². The van der Waals surface area contributed by atoms with Gasteiger partial charge in [-0.25, -0.2) is 4.57 Å². The molecule has 0 bridgehead atoms. The van der Waals surface area contributed by atoms with Crippen LogP contribution in [0.3, 0.4) is 0 Å². The van der Waals surface area contributed by atoms with E-state index in [-0.39, 0.29) is 19.3 Å². The van der Waals surface area contributed by atoms with E-state index in [1.807, 2.05) is 12.2 Å². The van der Waals surface area contributed by atoms with Gasteiger partial charge in [-0.1, -0.05) is 226 Å². The zero-order valence-corrected chi connectivity index (χ0v) is 48.8. The second kappa shape index (κ2) is 57.3. The first-order chi connectivity index (χ1) is 37.2. The number of esters is 3. The van der Waals surface area contributed by atoms with Gasteiger partial charge in [0.2, 0.25) is 0 Å². The molecule has 12 heteroatoms. The van der Waals surface area contributed by atoms with Gasteiger partial charge in [-0.2, -0.15) is 0 Å². The Balaban J connectivity index is 4.81. The molecule has 0 aliphatic carbocycles. The number of unbranched alkanes of at least 4 members (excludes halogenated alkanes) is 20. The summed E-state index contributed by atoms with van der Waals surface area (Å²) in [6.07, 6.45) is 69.3. The van der Waals surface area contributed by atoms with Crippen LogP contribution >= 0.6 is 7.82 Å². The smallest absolute Gasteiger partial charge is 0.461 e.